The van der Waals surface area contributed by atoms with E-state index in [0.29, 0.717) is 27.3 Å². The Balaban J connectivity index is 1.65. The van der Waals surface area contributed by atoms with Crippen LogP contribution in [-0.4, -0.2) is 26.3 Å². The number of rotatable bonds is 7. The smallest absolute Gasteiger partial charge is 0.191 e. The van der Waals surface area contributed by atoms with Crippen molar-refractivity contribution in [3.63, 3.8) is 0 Å². The predicted octanol–water partition coefficient (Wildman–Crippen LogP) is 4.72. The highest BCUT2D eigenvalue weighted by Crippen LogP contribution is 2.29. The van der Waals surface area contributed by atoms with Crippen molar-refractivity contribution in [1.29, 1.82) is 0 Å². The van der Waals surface area contributed by atoms with Crippen molar-refractivity contribution in [2.45, 2.75) is 18.2 Å². The number of hydrogen-bond donors (Lipinski definition) is 0. The molecule has 27 heavy (non-hydrogen) atoms. The molecule has 0 fully saturated rings. The van der Waals surface area contributed by atoms with Crippen molar-refractivity contribution in [1.82, 2.24) is 14.8 Å². The van der Waals surface area contributed by atoms with E-state index in [0.717, 1.165) is 0 Å². The number of aromatic nitrogens is 3. The third-order valence-corrected chi connectivity index (χ3v) is 5.20. The molecule has 1 aromatic heterocycles. The van der Waals surface area contributed by atoms with E-state index >= 15 is 0 Å². The van der Waals surface area contributed by atoms with Crippen molar-refractivity contribution in [3.05, 3.63) is 70.8 Å². The standard InChI is InChI=1S/C19H17ClFN3O2S/c1-12(26-17-6-4-3-5-15(17)20)18-22-23-19(24(18)2)27-11-16(25)13-7-9-14(21)10-8-13/h3-10,12H,11H2,1-2H3. The van der Waals surface area contributed by atoms with Gasteiger partial charge in [-0.05, 0) is 43.3 Å². The number of ketones is 1. The van der Waals surface area contributed by atoms with Gasteiger partial charge in [-0.15, -0.1) is 10.2 Å². The maximum absolute atomic E-state index is 13.0. The first kappa shape index (κ1) is 19.4. The SMILES string of the molecule is CC(Oc1ccccc1Cl)c1nnc(SCC(=O)c2ccc(F)cc2)n1C. The molecule has 0 aliphatic rings. The number of thioether (sulfide) groups is 1. The minimum Gasteiger partial charge on any atom is -0.481 e. The topological polar surface area (TPSA) is 57.0 Å². The molecule has 0 N–H and O–H groups in total. The molecule has 1 heterocycles. The van der Waals surface area contributed by atoms with Gasteiger partial charge in [0, 0.05) is 12.6 Å². The number of hydrogen-bond acceptors (Lipinski definition) is 5. The molecular weight excluding hydrogens is 389 g/mol. The number of carbonyl (C=O) groups is 1. The van der Waals surface area contributed by atoms with Crippen LogP contribution in [0.4, 0.5) is 4.39 Å². The zero-order chi connectivity index (χ0) is 19.4. The lowest BCUT2D eigenvalue weighted by Gasteiger charge is -2.15. The van der Waals surface area contributed by atoms with Crippen molar-refractivity contribution >= 4 is 29.1 Å². The molecule has 8 heteroatoms. The van der Waals surface area contributed by atoms with Gasteiger partial charge in [0.1, 0.15) is 11.6 Å². The summed E-state index contributed by atoms with van der Waals surface area (Å²) >= 11 is 7.39. The summed E-state index contributed by atoms with van der Waals surface area (Å²) in [6.07, 6.45) is -0.371. The summed E-state index contributed by atoms with van der Waals surface area (Å²) in [5, 5.41) is 9.41. The average molecular weight is 406 g/mol. The number of halogens is 2. The van der Waals surface area contributed by atoms with E-state index in [2.05, 4.69) is 10.2 Å². The summed E-state index contributed by atoms with van der Waals surface area (Å²) in [6, 6.07) is 12.7. The maximum atomic E-state index is 13.0. The molecule has 0 saturated carbocycles. The Bertz CT molecular complexity index is 946. The largest absolute Gasteiger partial charge is 0.481 e. The highest BCUT2D eigenvalue weighted by Gasteiger charge is 2.19. The number of carbonyl (C=O) groups excluding carboxylic acids is 1. The van der Waals surface area contributed by atoms with Gasteiger partial charge in [0.15, 0.2) is 22.9 Å². The second-order valence-corrected chi connectivity index (χ2v) is 7.16. The van der Waals surface area contributed by atoms with Crippen molar-refractivity contribution in [3.8, 4) is 5.75 Å². The van der Waals surface area contributed by atoms with Gasteiger partial charge in [-0.25, -0.2) is 4.39 Å². The molecule has 0 radical (unpaired) electrons. The van der Waals surface area contributed by atoms with Crippen LogP contribution in [0.3, 0.4) is 0 Å². The Morgan fingerprint density at radius 1 is 1.22 bits per heavy atom. The molecule has 140 valence electrons. The number of para-hydroxylation sites is 1. The van der Waals surface area contributed by atoms with Gasteiger partial charge < -0.3 is 9.30 Å². The van der Waals surface area contributed by atoms with Crippen LogP contribution in [0.25, 0.3) is 0 Å². The lowest BCUT2D eigenvalue weighted by atomic mass is 10.1. The highest BCUT2D eigenvalue weighted by atomic mass is 35.5. The van der Waals surface area contributed by atoms with Crippen LogP contribution in [0.15, 0.2) is 53.7 Å². The second-order valence-electron chi connectivity index (χ2n) is 5.81. The number of ether oxygens (including phenoxy) is 1. The van der Waals surface area contributed by atoms with E-state index in [4.69, 9.17) is 16.3 Å². The van der Waals surface area contributed by atoms with E-state index in [-0.39, 0.29) is 23.5 Å². The molecule has 0 saturated heterocycles. The van der Waals surface area contributed by atoms with E-state index in [9.17, 15) is 9.18 Å². The Labute approximate surface area is 165 Å². The summed E-state index contributed by atoms with van der Waals surface area (Å²) in [7, 11) is 1.81. The van der Waals surface area contributed by atoms with E-state index in [1.807, 2.05) is 26.1 Å². The average Bonchev–Trinajstić information content (AvgIpc) is 3.03. The summed E-state index contributed by atoms with van der Waals surface area (Å²) < 4.78 is 20.6. The van der Waals surface area contributed by atoms with Crippen molar-refractivity contribution < 1.29 is 13.9 Å². The van der Waals surface area contributed by atoms with Crippen molar-refractivity contribution in [2.75, 3.05) is 5.75 Å². The Kier molecular flexibility index (Phi) is 6.13. The van der Waals surface area contributed by atoms with Crippen LogP contribution in [0.1, 0.15) is 29.2 Å². The fourth-order valence-corrected chi connectivity index (χ4v) is 3.43. The van der Waals surface area contributed by atoms with Crippen LogP contribution in [0, 0.1) is 5.82 Å². The quantitative estimate of drug-likeness (QED) is 0.420. The fraction of sp³-hybridized carbons (Fsp3) is 0.211. The van der Waals surface area contributed by atoms with Gasteiger partial charge in [0.25, 0.3) is 0 Å². The number of Topliss-reactive ketones (excluding diaryl/α,β-unsaturated/α-hetero) is 1. The molecule has 2 aromatic carbocycles. The van der Waals surface area contributed by atoms with Crippen LogP contribution in [0.5, 0.6) is 5.75 Å². The molecule has 0 aliphatic carbocycles. The van der Waals surface area contributed by atoms with Gasteiger partial charge in [0.05, 0.1) is 10.8 Å². The maximum Gasteiger partial charge on any atom is 0.191 e. The summed E-state index contributed by atoms with van der Waals surface area (Å²) in [4.78, 5) is 12.2. The minimum atomic E-state index is -0.371. The first-order valence-corrected chi connectivity index (χ1v) is 9.54. The molecule has 0 amide bonds. The fourth-order valence-electron chi connectivity index (χ4n) is 2.44. The molecule has 0 spiro atoms. The predicted molar refractivity (Wildman–Crippen MR) is 103 cm³/mol. The van der Waals surface area contributed by atoms with Gasteiger partial charge >= 0.3 is 0 Å². The Hall–Kier alpha value is -2.38. The summed E-state index contributed by atoms with van der Waals surface area (Å²) in [5.41, 5.74) is 0.460. The van der Waals surface area contributed by atoms with Gasteiger partial charge in [-0.2, -0.15) is 0 Å². The van der Waals surface area contributed by atoms with E-state index in [1.54, 1.807) is 16.7 Å². The first-order chi connectivity index (χ1) is 13.0. The third-order valence-electron chi connectivity index (χ3n) is 3.87. The Morgan fingerprint density at radius 3 is 2.63 bits per heavy atom. The molecule has 1 unspecified atom stereocenters. The van der Waals surface area contributed by atoms with Gasteiger partial charge in [-0.3, -0.25) is 4.79 Å². The van der Waals surface area contributed by atoms with Crippen molar-refractivity contribution in [2.24, 2.45) is 7.05 Å². The van der Waals surface area contributed by atoms with Crippen LogP contribution < -0.4 is 4.74 Å². The van der Waals surface area contributed by atoms with Crippen LogP contribution in [0.2, 0.25) is 5.02 Å². The number of nitrogens with zero attached hydrogens (tertiary/aromatic N) is 3. The van der Waals surface area contributed by atoms with Gasteiger partial charge in [-0.1, -0.05) is 35.5 Å². The summed E-state index contributed by atoms with van der Waals surface area (Å²) in [5.74, 6) is 0.883. The first-order valence-electron chi connectivity index (χ1n) is 8.17. The lowest BCUT2D eigenvalue weighted by Crippen LogP contribution is -2.10. The molecule has 5 nitrogen and oxygen atoms in total. The van der Waals surface area contributed by atoms with Gasteiger partial charge in [0.2, 0.25) is 0 Å². The number of benzene rings is 2. The lowest BCUT2D eigenvalue weighted by molar-refractivity contribution is 0.102. The molecule has 3 rings (SSSR count). The summed E-state index contributed by atoms with van der Waals surface area (Å²) in [6.45, 7) is 1.85. The zero-order valence-electron chi connectivity index (χ0n) is 14.7. The molecule has 3 aromatic rings. The van der Waals surface area contributed by atoms with E-state index < -0.39 is 0 Å². The normalized spacial score (nSPS) is 12.0. The second kappa shape index (κ2) is 8.54. The van der Waals surface area contributed by atoms with Crippen LogP contribution >= 0.6 is 23.4 Å². The van der Waals surface area contributed by atoms with Crippen LogP contribution in [-0.2, 0) is 7.05 Å². The Morgan fingerprint density at radius 2 is 1.93 bits per heavy atom. The monoisotopic (exact) mass is 405 g/mol. The zero-order valence-corrected chi connectivity index (χ0v) is 16.3. The molecular formula is C19H17ClFN3O2S. The minimum absolute atomic E-state index is 0.107. The molecule has 0 aliphatic heterocycles. The third kappa shape index (κ3) is 4.67. The van der Waals surface area contributed by atoms with E-state index in [1.165, 1.54) is 36.0 Å². The molecule has 0 bridgehead atoms. The highest BCUT2D eigenvalue weighted by molar-refractivity contribution is 7.99. The molecule has 1 atom stereocenters.